The first kappa shape index (κ1) is 14.4. The van der Waals surface area contributed by atoms with Gasteiger partial charge in [0.15, 0.2) is 0 Å². The van der Waals surface area contributed by atoms with Gasteiger partial charge in [0.2, 0.25) is 0 Å². The lowest BCUT2D eigenvalue weighted by Gasteiger charge is -2.24. The van der Waals surface area contributed by atoms with Gasteiger partial charge in [-0.1, -0.05) is 18.5 Å². The maximum absolute atomic E-state index is 12.0. The Hall–Kier alpha value is -1.62. The average Bonchev–Trinajstić information content (AvgIpc) is 2.28. The van der Waals surface area contributed by atoms with Gasteiger partial charge in [0.25, 0.3) is 11.6 Å². The molecule has 1 aromatic carbocycles. The zero-order valence-corrected chi connectivity index (χ0v) is 11.2. The number of halogens is 1. The van der Waals surface area contributed by atoms with Crippen LogP contribution in [0.2, 0.25) is 5.02 Å². The number of benzene rings is 1. The largest absolute Gasteiger partial charge is 0.347 e. The van der Waals surface area contributed by atoms with Gasteiger partial charge in [-0.05, 0) is 26.3 Å². The van der Waals surface area contributed by atoms with Gasteiger partial charge in [0.05, 0.1) is 15.5 Å². The van der Waals surface area contributed by atoms with Gasteiger partial charge in [-0.3, -0.25) is 14.9 Å². The quantitative estimate of drug-likeness (QED) is 0.675. The first-order valence-corrected chi connectivity index (χ1v) is 5.91. The van der Waals surface area contributed by atoms with E-state index in [9.17, 15) is 14.9 Å². The summed E-state index contributed by atoms with van der Waals surface area (Å²) < 4.78 is 0. The van der Waals surface area contributed by atoms with E-state index in [4.69, 9.17) is 11.6 Å². The monoisotopic (exact) mass is 270 g/mol. The highest BCUT2D eigenvalue weighted by molar-refractivity contribution is 6.34. The Kier molecular flexibility index (Phi) is 4.29. The van der Waals surface area contributed by atoms with Crippen LogP contribution < -0.4 is 5.32 Å². The van der Waals surface area contributed by atoms with Gasteiger partial charge in [-0.25, -0.2) is 0 Å². The number of hydrogen-bond donors (Lipinski definition) is 1. The fourth-order valence-corrected chi connectivity index (χ4v) is 1.47. The lowest BCUT2D eigenvalue weighted by Crippen LogP contribution is -2.42. The van der Waals surface area contributed by atoms with Gasteiger partial charge in [-0.15, -0.1) is 0 Å². The van der Waals surface area contributed by atoms with Crippen molar-refractivity contribution in [3.63, 3.8) is 0 Å². The SMILES string of the molecule is CCC(C)(C)NC(=O)c1cc([N+](=O)[O-])ccc1Cl. The highest BCUT2D eigenvalue weighted by atomic mass is 35.5. The molecule has 0 spiro atoms. The van der Waals surface area contributed by atoms with Gasteiger partial charge in [0, 0.05) is 17.7 Å². The predicted octanol–water partition coefficient (Wildman–Crippen LogP) is 3.17. The van der Waals surface area contributed by atoms with Crippen molar-refractivity contribution < 1.29 is 9.72 Å². The normalized spacial score (nSPS) is 11.1. The summed E-state index contributed by atoms with van der Waals surface area (Å²) in [5.41, 5.74) is -0.420. The van der Waals surface area contributed by atoms with E-state index in [0.29, 0.717) is 0 Å². The Morgan fingerprint density at radius 2 is 2.11 bits per heavy atom. The third-order valence-corrected chi connectivity index (χ3v) is 3.07. The Balaban J connectivity index is 3.05. The van der Waals surface area contributed by atoms with Crippen molar-refractivity contribution in [1.82, 2.24) is 5.32 Å². The van der Waals surface area contributed by atoms with Gasteiger partial charge in [0.1, 0.15) is 0 Å². The number of rotatable bonds is 4. The summed E-state index contributed by atoms with van der Waals surface area (Å²) in [6.07, 6.45) is 0.741. The van der Waals surface area contributed by atoms with E-state index < -0.39 is 10.8 Å². The highest BCUT2D eigenvalue weighted by Crippen LogP contribution is 2.22. The second-order valence-electron chi connectivity index (χ2n) is 4.61. The summed E-state index contributed by atoms with van der Waals surface area (Å²) in [7, 11) is 0. The minimum atomic E-state index is -0.557. The third-order valence-electron chi connectivity index (χ3n) is 2.74. The fraction of sp³-hybridized carbons (Fsp3) is 0.417. The molecule has 1 N–H and O–H groups in total. The standard InChI is InChI=1S/C12H15ClN2O3/c1-4-12(2,3)14-11(16)9-7-8(15(17)18)5-6-10(9)13/h5-7H,4H2,1-3H3,(H,14,16). The van der Waals surface area contributed by atoms with Gasteiger partial charge in [-0.2, -0.15) is 0 Å². The molecule has 1 aromatic rings. The molecule has 0 bridgehead atoms. The van der Waals surface area contributed by atoms with E-state index in [1.165, 1.54) is 18.2 Å². The van der Waals surface area contributed by atoms with Crippen LogP contribution in [0.4, 0.5) is 5.69 Å². The number of carbonyl (C=O) groups is 1. The van der Waals surface area contributed by atoms with Crippen LogP contribution in [0.5, 0.6) is 0 Å². The molecule has 0 aliphatic heterocycles. The second kappa shape index (κ2) is 5.35. The first-order chi connectivity index (χ1) is 8.26. The van der Waals surface area contributed by atoms with Crippen LogP contribution in [0.1, 0.15) is 37.6 Å². The number of nitrogens with zero attached hydrogens (tertiary/aromatic N) is 1. The molecule has 6 heteroatoms. The van der Waals surface area contributed by atoms with Gasteiger partial charge < -0.3 is 5.32 Å². The van der Waals surface area contributed by atoms with Crippen LogP contribution in [0, 0.1) is 10.1 Å². The van der Waals surface area contributed by atoms with E-state index in [0.717, 1.165) is 6.42 Å². The average molecular weight is 271 g/mol. The van der Waals surface area contributed by atoms with Crippen molar-refractivity contribution in [2.75, 3.05) is 0 Å². The number of nitro groups is 1. The molecule has 0 atom stereocenters. The van der Waals surface area contributed by atoms with Crippen LogP contribution >= 0.6 is 11.6 Å². The van der Waals surface area contributed by atoms with E-state index in [2.05, 4.69) is 5.32 Å². The molecular weight excluding hydrogens is 256 g/mol. The molecule has 0 saturated carbocycles. The van der Waals surface area contributed by atoms with Crippen molar-refractivity contribution in [2.45, 2.75) is 32.7 Å². The van der Waals surface area contributed by atoms with E-state index >= 15 is 0 Å². The number of nitrogens with one attached hydrogen (secondary N) is 1. The number of amides is 1. The van der Waals surface area contributed by atoms with Crippen LogP contribution in [0.25, 0.3) is 0 Å². The highest BCUT2D eigenvalue weighted by Gasteiger charge is 2.22. The molecule has 98 valence electrons. The maximum Gasteiger partial charge on any atom is 0.270 e. The smallest absolute Gasteiger partial charge is 0.270 e. The summed E-state index contributed by atoms with van der Waals surface area (Å²) >= 11 is 5.88. The molecule has 0 heterocycles. The topological polar surface area (TPSA) is 72.2 Å². The molecule has 0 saturated heterocycles. The molecule has 0 aliphatic carbocycles. The summed E-state index contributed by atoms with van der Waals surface area (Å²) in [4.78, 5) is 22.1. The first-order valence-electron chi connectivity index (χ1n) is 5.53. The summed E-state index contributed by atoms with van der Waals surface area (Å²) in [5.74, 6) is -0.407. The van der Waals surface area contributed by atoms with E-state index in [1.54, 1.807) is 0 Å². The molecule has 1 rings (SSSR count). The molecule has 0 unspecified atom stereocenters. The zero-order chi connectivity index (χ0) is 13.9. The minimum absolute atomic E-state index is 0.118. The zero-order valence-electron chi connectivity index (χ0n) is 10.5. The summed E-state index contributed by atoms with van der Waals surface area (Å²) in [5, 5.41) is 13.6. The van der Waals surface area contributed by atoms with Crippen LogP contribution in [-0.4, -0.2) is 16.4 Å². The van der Waals surface area contributed by atoms with Crippen molar-refractivity contribution in [2.24, 2.45) is 0 Å². The third kappa shape index (κ3) is 3.43. The van der Waals surface area contributed by atoms with Crippen molar-refractivity contribution in [3.05, 3.63) is 38.9 Å². The van der Waals surface area contributed by atoms with Crippen molar-refractivity contribution in [1.29, 1.82) is 0 Å². The van der Waals surface area contributed by atoms with Crippen LogP contribution in [0.15, 0.2) is 18.2 Å². The van der Waals surface area contributed by atoms with E-state index in [-0.39, 0.29) is 21.8 Å². The Morgan fingerprint density at radius 3 is 2.61 bits per heavy atom. The molecule has 0 radical (unpaired) electrons. The number of carbonyl (C=O) groups excluding carboxylic acids is 1. The lowest BCUT2D eigenvalue weighted by molar-refractivity contribution is -0.384. The number of nitro benzene ring substituents is 1. The summed E-state index contributed by atoms with van der Waals surface area (Å²) in [6, 6.07) is 3.81. The predicted molar refractivity (Wildman–Crippen MR) is 69.9 cm³/mol. The molecule has 18 heavy (non-hydrogen) atoms. The Morgan fingerprint density at radius 1 is 1.50 bits per heavy atom. The molecule has 0 fully saturated rings. The lowest BCUT2D eigenvalue weighted by atomic mass is 10.0. The molecule has 5 nitrogen and oxygen atoms in total. The Labute approximate surface area is 110 Å². The van der Waals surface area contributed by atoms with Crippen molar-refractivity contribution >= 4 is 23.2 Å². The van der Waals surface area contributed by atoms with Crippen LogP contribution in [0.3, 0.4) is 0 Å². The molecular formula is C12H15ClN2O3. The maximum atomic E-state index is 12.0. The Bertz CT molecular complexity index is 486. The number of non-ortho nitro benzene ring substituents is 1. The minimum Gasteiger partial charge on any atom is -0.347 e. The fourth-order valence-electron chi connectivity index (χ4n) is 1.26. The van der Waals surface area contributed by atoms with Crippen LogP contribution in [-0.2, 0) is 0 Å². The summed E-state index contributed by atoms with van der Waals surface area (Å²) in [6.45, 7) is 5.68. The van der Waals surface area contributed by atoms with E-state index in [1.807, 2.05) is 20.8 Å². The van der Waals surface area contributed by atoms with Crippen molar-refractivity contribution in [3.8, 4) is 0 Å². The van der Waals surface area contributed by atoms with Gasteiger partial charge >= 0.3 is 0 Å². The second-order valence-corrected chi connectivity index (χ2v) is 5.02. The molecule has 1 amide bonds. The molecule has 0 aromatic heterocycles. The molecule has 0 aliphatic rings. The number of hydrogen-bond acceptors (Lipinski definition) is 3.